The maximum Gasteiger partial charge on any atom is 0.0442 e. The highest BCUT2D eigenvalue weighted by Crippen LogP contribution is 2.27. The fraction of sp³-hybridized carbons (Fsp3) is 0.929. The van der Waals surface area contributed by atoms with Gasteiger partial charge in [0.2, 0.25) is 0 Å². The summed E-state index contributed by atoms with van der Waals surface area (Å²) in [4.78, 5) is 10.5. The Bertz CT molecular complexity index is 203. The van der Waals surface area contributed by atoms with Crippen molar-refractivity contribution in [3.63, 3.8) is 0 Å². The van der Waals surface area contributed by atoms with Gasteiger partial charge in [-0.15, -0.1) is 0 Å². The van der Waals surface area contributed by atoms with Gasteiger partial charge in [-0.1, -0.05) is 53.9 Å². The summed E-state index contributed by atoms with van der Waals surface area (Å²) in [5, 5.41) is 10.5. The molecular weight excluding hydrogens is 200 g/mol. The molecule has 0 saturated carbocycles. The summed E-state index contributed by atoms with van der Waals surface area (Å²) in [5.41, 5.74) is 0.400. The maximum atomic E-state index is 10.5. The number of rotatable bonds is 7. The first-order valence-corrected chi connectivity index (χ1v) is 6.43. The highest BCUT2D eigenvalue weighted by atomic mass is 16.4. The number of carbonyl (C=O) groups is 1. The molecule has 0 amide bonds. The molecule has 0 aliphatic rings. The number of carbonyl (C=O) groups excluding carboxylic acids is 1. The zero-order valence-electron chi connectivity index (χ0n) is 11.5. The minimum absolute atomic E-state index is 0.294. The van der Waals surface area contributed by atoms with Crippen molar-refractivity contribution < 1.29 is 9.90 Å². The lowest BCUT2D eigenvalue weighted by Crippen LogP contribution is -2.29. The Balaban J connectivity index is 3.56. The van der Waals surface area contributed by atoms with E-state index in [1.54, 1.807) is 6.92 Å². The van der Waals surface area contributed by atoms with Crippen molar-refractivity contribution in [3.8, 4) is 0 Å². The van der Waals surface area contributed by atoms with Crippen LogP contribution in [-0.4, -0.2) is 5.97 Å². The van der Waals surface area contributed by atoms with E-state index < -0.39 is 5.97 Å². The molecule has 2 unspecified atom stereocenters. The van der Waals surface area contributed by atoms with Crippen LogP contribution in [0.4, 0.5) is 0 Å². The molecule has 0 saturated heterocycles. The SMILES string of the molecule is CC(CCCCC(C)C(=O)[O-])CC(C)(C)C. The molecule has 0 aromatic carbocycles. The topological polar surface area (TPSA) is 40.1 Å². The standard InChI is InChI=1S/C14H28O2/c1-11(10-14(3,4)5)8-6-7-9-12(2)13(15)16/h11-12H,6-10H2,1-5H3,(H,15,16)/p-1. The first-order valence-electron chi connectivity index (χ1n) is 6.43. The molecular formula is C14H27O2-. The third kappa shape index (κ3) is 8.75. The predicted molar refractivity (Wildman–Crippen MR) is 65.9 cm³/mol. The summed E-state index contributed by atoms with van der Waals surface area (Å²) in [6.45, 7) is 10.8. The van der Waals surface area contributed by atoms with Crippen LogP contribution in [0, 0.1) is 17.3 Å². The van der Waals surface area contributed by atoms with Crippen LogP contribution >= 0.6 is 0 Å². The lowest BCUT2D eigenvalue weighted by molar-refractivity contribution is -0.311. The Kier molecular flexibility index (Phi) is 6.70. The van der Waals surface area contributed by atoms with Crippen LogP contribution in [0.3, 0.4) is 0 Å². The average molecular weight is 227 g/mol. The third-order valence-electron chi connectivity index (χ3n) is 2.95. The second-order valence-electron chi connectivity index (χ2n) is 6.37. The molecule has 0 aromatic heterocycles. The molecule has 2 heteroatoms. The minimum atomic E-state index is -0.914. The summed E-state index contributed by atoms with van der Waals surface area (Å²) in [5.74, 6) is -0.473. The van der Waals surface area contributed by atoms with Crippen LogP contribution in [-0.2, 0) is 4.79 Å². The van der Waals surface area contributed by atoms with Gasteiger partial charge in [-0.05, 0) is 30.1 Å². The molecule has 96 valence electrons. The highest BCUT2D eigenvalue weighted by molar-refractivity contribution is 5.66. The second-order valence-corrected chi connectivity index (χ2v) is 6.37. The molecule has 0 aliphatic heterocycles. The van der Waals surface area contributed by atoms with Gasteiger partial charge in [-0.2, -0.15) is 0 Å². The molecule has 0 radical (unpaired) electrons. The zero-order chi connectivity index (χ0) is 12.8. The van der Waals surface area contributed by atoms with E-state index in [1.165, 1.54) is 12.8 Å². The van der Waals surface area contributed by atoms with Gasteiger partial charge < -0.3 is 9.90 Å². The monoisotopic (exact) mass is 227 g/mol. The van der Waals surface area contributed by atoms with Crippen LogP contribution < -0.4 is 5.11 Å². The van der Waals surface area contributed by atoms with E-state index >= 15 is 0 Å². The molecule has 0 N–H and O–H groups in total. The molecule has 2 nitrogen and oxygen atoms in total. The number of hydrogen-bond donors (Lipinski definition) is 0. The van der Waals surface area contributed by atoms with Crippen molar-refractivity contribution in [2.24, 2.45) is 17.3 Å². The number of carboxylic acids is 1. The lowest BCUT2D eigenvalue weighted by atomic mass is 9.83. The van der Waals surface area contributed by atoms with Gasteiger partial charge in [0.1, 0.15) is 0 Å². The Hall–Kier alpha value is -0.530. The maximum absolute atomic E-state index is 10.5. The van der Waals surface area contributed by atoms with Gasteiger partial charge >= 0.3 is 0 Å². The van der Waals surface area contributed by atoms with E-state index in [4.69, 9.17) is 0 Å². The Morgan fingerprint density at radius 3 is 2.06 bits per heavy atom. The van der Waals surface area contributed by atoms with E-state index in [0.29, 0.717) is 5.41 Å². The van der Waals surface area contributed by atoms with Crippen LogP contribution in [0.2, 0.25) is 0 Å². The van der Waals surface area contributed by atoms with Crippen molar-refractivity contribution in [2.45, 2.75) is 66.7 Å². The summed E-state index contributed by atoms with van der Waals surface area (Å²) >= 11 is 0. The Morgan fingerprint density at radius 2 is 1.62 bits per heavy atom. The second kappa shape index (κ2) is 6.93. The van der Waals surface area contributed by atoms with Gasteiger partial charge in [0, 0.05) is 5.97 Å². The number of unbranched alkanes of at least 4 members (excludes halogenated alkanes) is 1. The van der Waals surface area contributed by atoms with Crippen molar-refractivity contribution in [1.29, 1.82) is 0 Å². The van der Waals surface area contributed by atoms with Crippen LogP contribution in [0.1, 0.15) is 66.7 Å². The molecule has 16 heavy (non-hydrogen) atoms. The van der Waals surface area contributed by atoms with Crippen LogP contribution in [0.15, 0.2) is 0 Å². The molecule has 0 fully saturated rings. The van der Waals surface area contributed by atoms with Crippen molar-refractivity contribution in [3.05, 3.63) is 0 Å². The molecule has 0 aromatic rings. The van der Waals surface area contributed by atoms with E-state index in [9.17, 15) is 9.90 Å². The van der Waals surface area contributed by atoms with Gasteiger partial charge in [0.25, 0.3) is 0 Å². The Labute approximate surface area is 100 Å². The average Bonchev–Trinajstić information content (AvgIpc) is 2.08. The normalized spacial score (nSPS) is 15.8. The van der Waals surface area contributed by atoms with Crippen molar-refractivity contribution >= 4 is 5.97 Å². The van der Waals surface area contributed by atoms with E-state index in [1.807, 2.05) is 0 Å². The largest absolute Gasteiger partial charge is 0.550 e. The molecule has 2 atom stereocenters. The zero-order valence-corrected chi connectivity index (χ0v) is 11.5. The molecule has 0 spiro atoms. The fourth-order valence-electron chi connectivity index (χ4n) is 2.21. The van der Waals surface area contributed by atoms with Gasteiger partial charge in [0.05, 0.1) is 0 Å². The number of hydrogen-bond acceptors (Lipinski definition) is 2. The molecule has 0 aliphatic carbocycles. The summed E-state index contributed by atoms with van der Waals surface area (Å²) in [7, 11) is 0. The van der Waals surface area contributed by atoms with Crippen LogP contribution in [0.5, 0.6) is 0 Å². The number of carboxylic acid groups (broad SMARTS) is 1. The van der Waals surface area contributed by atoms with Crippen LogP contribution in [0.25, 0.3) is 0 Å². The Morgan fingerprint density at radius 1 is 1.12 bits per heavy atom. The van der Waals surface area contributed by atoms with E-state index in [2.05, 4.69) is 27.7 Å². The summed E-state index contributed by atoms with van der Waals surface area (Å²) in [6.07, 6.45) is 5.34. The summed E-state index contributed by atoms with van der Waals surface area (Å²) in [6, 6.07) is 0. The fourth-order valence-corrected chi connectivity index (χ4v) is 2.21. The highest BCUT2D eigenvalue weighted by Gasteiger charge is 2.14. The summed E-state index contributed by atoms with van der Waals surface area (Å²) < 4.78 is 0. The first-order chi connectivity index (χ1) is 7.22. The number of aliphatic carboxylic acids is 1. The lowest BCUT2D eigenvalue weighted by Gasteiger charge is -2.23. The van der Waals surface area contributed by atoms with E-state index in [-0.39, 0.29) is 5.92 Å². The van der Waals surface area contributed by atoms with Gasteiger partial charge in [-0.25, -0.2) is 0 Å². The molecule has 0 heterocycles. The molecule has 0 rings (SSSR count). The quantitative estimate of drug-likeness (QED) is 0.627. The van der Waals surface area contributed by atoms with Crippen molar-refractivity contribution in [1.82, 2.24) is 0 Å². The predicted octanol–water partition coefficient (Wildman–Crippen LogP) is 3.01. The minimum Gasteiger partial charge on any atom is -0.550 e. The van der Waals surface area contributed by atoms with Gasteiger partial charge in [-0.3, -0.25) is 0 Å². The third-order valence-corrected chi connectivity index (χ3v) is 2.95. The smallest absolute Gasteiger partial charge is 0.0442 e. The van der Waals surface area contributed by atoms with Crippen molar-refractivity contribution in [2.75, 3.05) is 0 Å². The van der Waals surface area contributed by atoms with E-state index in [0.717, 1.165) is 25.2 Å². The first kappa shape index (κ1) is 15.5. The molecule has 0 bridgehead atoms. The van der Waals surface area contributed by atoms with Gasteiger partial charge in [0.15, 0.2) is 0 Å².